The Morgan fingerprint density at radius 1 is 1.10 bits per heavy atom. The zero-order chi connectivity index (χ0) is 14.5. The fourth-order valence-electron chi connectivity index (χ4n) is 1.92. The fraction of sp³-hybridized carbons (Fsp3) is 0.250. The van der Waals surface area contributed by atoms with Crippen LogP contribution in [-0.4, -0.2) is 6.54 Å². The van der Waals surface area contributed by atoms with Gasteiger partial charge in [-0.15, -0.1) is 0 Å². The molecule has 2 aromatic rings. The number of rotatable bonds is 5. The summed E-state index contributed by atoms with van der Waals surface area (Å²) in [7, 11) is 0. The Labute approximate surface area is 134 Å². The molecule has 106 valence electrons. The van der Waals surface area contributed by atoms with Crippen LogP contribution in [0.25, 0.3) is 0 Å². The van der Waals surface area contributed by atoms with Crippen LogP contribution in [-0.2, 0) is 0 Å². The van der Waals surface area contributed by atoms with E-state index >= 15 is 0 Å². The van der Waals surface area contributed by atoms with Gasteiger partial charge in [0.25, 0.3) is 0 Å². The Balaban J connectivity index is 2.15. The molecule has 0 heterocycles. The van der Waals surface area contributed by atoms with Crippen LogP contribution >= 0.6 is 35.0 Å². The van der Waals surface area contributed by atoms with E-state index in [4.69, 9.17) is 23.2 Å². The first-order valence-corrected chi connectivity index (χ1v) is 8.13. The smallest absolute Gasteiger partial charge is 0.0548 e. The first kappa shape index (κ1) is 15.7. The highest BCUT2D eigenvalue weighted by atomic mass is 35.5. The van der Waals surface area contributed by atoms with Gasteiger partial charge in [0.1, 0.15) is 0 Å². The molecule has 0 amide bonds. The van der Waals surface area contributed by atoms with Crippen molar-refractivity contribution < 1.29 is 0 Å². The summed E-state index contributed by atoms with van der Waals surface area (Å²) in [6.45, 7) is 5.18. The van der Waals surface area contributed by atoms with Gasteiger partial charge in [0, 0.05) is 20.9 Å². The molecule has 2 rings (SSSR count). The maximum atomic E-state index is 6.38. The molecule has 20 heavy (non-hydrogen) atoms. The molecule has 0 saturated heterocycles. The molecule has 0 bridgehead atoms. The maximum Gasteiger partial charge on any atom is 0.0548 e. The Morgan fingerprint density at radius 2 is 1.80 bits per heavy atom. The van der Waals surface area contributed by atoms with Gasteiger partial charge >= 0.3 is 0 Å². The number of hydrogen-bond acceptors (Lipinski definition) is 2. The van der Waals surface area contributed by atoms with E-state index in [1.54, 1.807) is 11.8 Å². The number of nitrogens with one attached hydrogen (secondary N) is 1. The fourth-order valence-corrected chi connectivity index (χ4v) is 3.17. The Kier molecular flexibility index (Phi) is 5.79. The van der Waals surface area contributed by atoms with Gasteiger partial charge in [0.2, 0.25) is 0 Å². The molecule has 1 atom stereocenters. The lowest BCUT2D eigenvalue weighted by atomic mass is 10.1. The van der Waals surface area contributed by atoms with Crippen LogP contribution in [0.1, 0.15) is 25.5 Å². The minimum Gasteiger partial charge on any atom is -0.310 e. The van der Waals surface area contributed by atoms with Gasteiger partial charge in [-0.05, 0) is 55.4 Å². The van der Waals surface area contributed by atoms with Gasteiger partial charge in [-0.2, -0.15) is 0 Å². The second kappa shape index (κ2) is 7.37. The lowest BCUT2D eigenvalue weighted by molar-refractivity contribution is 0.598. The summed E-state index contributed by atoms with van der Waals surface area (Å²) >= 11 is 13.9. The van der Waals surface area contributed by atoms with Crippen molar-refractivity contribution in [2.24, 2.45) is 0 Å². The predicted molar refractivity (Wildman–Crippen MR) is 89.1 cm³/mol. The van der Waals surface area contributed by atoms with Crippen LogP contribution in [0.2, 0.25) is 10.0 Å². The summed E-state index contributed by atoms with van der Waals surface area (Å²) in [5.41, 5.74) is 1.21. The molecular formula is C16H17Cl2NS. The summed E-state index contributed by atoms with van der Waals surface area (Å²) in [6, 6.07) is 14.3. The lowest BCUT2D eigenvalue weighted by Gasteiger charge is -2.14. The molecule has 0 aliphatic rings. The van der Waals surface area contributed by atoms with Crippen molar-refractivity contribution in [2.45, 2.75) is 29.7 Å². The van der Waals surface area contributed by atoms with Crippen molar-refractivity contribution in [2.75, 3.05) is 6.54 Å². The average molecular weight is 326 g/mol. The molecule has 0 spiro atoms. The molecule has 0 saturated carbocycles. The van der Waals surface area contributed by atoms with Crippen LogP contribution in [0.4, 0.5) is 0 Å². The van der Waals surface area contributed by atoms with E-state index in [0.717, 1.165) is 26.4 Å². The topological polar surface area (TPSA) is 12.0 Å². The molecule has 0 fully saturated rings. The third-order valence-electron chi connectivity index (χ3n) is 3.01. The summed E-state index contributed by atoms with van der Waals surface area (Å²) in [5, 5.41) is 4.91. The largest absolute Gasteiger partial charge is 0.310 e. The third-order valence-corrected chi connectivity index (χ3v) is 4.77. The first-order valence-electron chi connectivity index (χ1n) is 6.56. The van der Waals surface area contributed by atoms with Gasteiger partial charge in [0.05, 0.1) is 5.02 Å². The van der Waals surface area contributed by atoms with E-state index < -0.39 is 0 Å². The molecule has 1 unspecified atom stereocenters. The van der Waals surface area contributed by atoms with Crippen LogP contribution in [0.15, 0.2) is 52.3 Å². The Hall–Kier alpha value is -0.670. The first-order chi connectivity index (χ1) is 9.60. The van der Waals surface area contributed by atoms with Crippen molar-refractivity contribution in [3.63, 3.8) is 0 Å². The summed E-state index contributed by atoms with van der Waals surface area (Å²) in [4.78, 5) is 2.19. The highest BCUT2D eigenvalue weighted by molar-refractivity contribution is 7.99. The van der Waals surface area contributed by atoms with Gasteiger partial charge in [-0.1, -0.05) is 48.0 Å². The van der Waals surface area contributed by atoms with Crippen LogP contribution in [0, 0.1) is 0 Å². The zero-order valence-electron chi connectivity index (χ0n) is 11.5. The number of halogens is 2. The molecular weight excluding hydrogens is 309 g/mol. The normalized spacial score (nSPS) is 12.4. The second-order valence-corrected chi connectivity index (χ2v) is 6.48. The van der Waals surface area contributed by atoms with E-state index in [1.807, 2.05) is 30.3 Å². The van der Waals surface area contributed by atoms with Crippen molar-refractivity contribution >= 4 is 35.0 Å². The van der Waals surface area contributed by atoms with Gasteiger partial charge in [-0.3, -0.25) is 0 Å². The highest BCUT2D eigenvalue weighted by Gasteiger charge is 2.08. The quantitative estimate of drug-likeness (QED) is 0.743. The molecule has 0 aliphatic heterocycles. The predicted octanol–water partition coefficient (Wildman–Crippen LogP) is 5.82. The highest BCUT2D eigenvalue weighted by Crippen LogP contribution is 2.35. The van der Waals surface area contributed by atoms with Crippen molar-refractivity contribution in [1.29, 1.82) is 0 Å². The Morgan fingerprint density at radius 3 is 2.40 bits per heavy atom. The minimum absolute atomic E-state index is 0.312. The Bertz CT molecular complexity index is 569. The van der Waals surface area contributed by atoms with Crippen LogP contribution in [0.5, 0.6) is 0 Å². The van der Waals surface area contributed by atoms with Crippen molar-refractivity contribution in [3.8, 4) is 0 Å². The van der Waals surface area contributed by atoms with Crippen molar-refractivity contribution in [3.05, 3.63) is 58.1 Å². The summed E-state index contributed by atoms with van der Waals surface area (Å²) in [6.07, 6.45) is 0. The molecule has 2 aromatic carbocycles. The van der Waals surface area contributed by atoms with Gasteiger partial charge in [0.15, 0.2) is 0 Å². The summed E-state index contributed by atoms with van der Waals surface area (Å²) < 4.78 is 0. The van der Waals surface area contributed by atoms with Crippen molar-refractivity contribution in [1.82, 2.24) is 5.32 Å². The lowest BCUT2D eigenvalue weighted by Crippen LogP contribution is -2.17. The monoisotopic (exact) mass is 325 g/mol. The molecule has 4 heteroatoms. The van der Waals surface area contributed by atoms with Crippen LogP contribution in [0.3, 0.4) is 0 Å². The maximum absolute atomic E-state index is 6.38. The molecule has 1 nitrogen and oxygen atoms in total. The van der Waals surface area contributed by atoms with E-state index in [9.17, 15) is 0 Å². The number of benzene rings is 2. The van der Waals surface area contributed by atoms with E-state index in [-0.39, 0.29) is 0 Å². The average Bonchev–Trinajstić information content (AvgIpc) is 2.43. The van der Waals surface area contributed by atoms with E-state index in [1.165, 1.54) is 5.56 Å². The molecule has 0 aliphatic carbocycles. The molecule has 1 N–H and O–H groups in total. The van der Waals surface area contributed by atoms with Crippen LogP contribution < -0.4 is 5.32 Å². The SMILES string of the molecule is CCNC(C)c1ccc(Sc2ccc(Cl)cc2)c(Cl)c1. The second-order valence-electron chi connectivity index (χ2n) is 4.53. The summed E-state index contributed by atoms with van der Waals surface area (Å²) in [5.74, 6) is 0. The zero-order valence-corrected chi connectivity index (χ0v) is 13.8. The minimum atomic E-state index is 0.312. The molecule has 0 aromatic heterocycles. The third kappa shape index (κ3) is 4.16. The molecule has 0 radical (unpaired) electrons. The van der Waals surface area contributed by atoms with E-state index in [2.05, 4.69) is 31.3 Å². The van der Waals surface area contributed by atoms with Gasteiger partial charge in [-0.25, -0.2) is 0 Å². The van der Waals surface area contributed by atoms with E-state index in [0.29, 0.717) is 6.04 Å². The van der Waals surface area contributed by atoms with Gasteiger partial charge < -0.3 is 5.32 Å². The number of hydrogen-bond donors (Lipinski definition) is 1. The standard InChI is InChI=1S/C16H17Cl2NS/c1-3-19-11(2)12-4-9-16(15(18)10-12)20-14-7-5-13(17)6-8-14/h4-11,19H,3H2,1-2H3.